The minimum absolute atomic E-state index is 0.174. The molecule has 0 fully saturated rings. The molecule has 68 valence electrons. The zero-order valence-corrected chi connectivity index (χ0v) is 7.94. The van der Waals surface area contributed by atoms with E-state index >= 15 is 0 Å². The molecule has 2 nitrogen and oxygen atoms in total. The number of unbranched alkanes of at least 4 members (excludes halogenated alkanes) is 1. The molecule has 0 spiro atoms. The molecule has 0 aliphatic carbocycles. The Bertz CT molecular complexity index is 206. The van der Waals surface area contributed by atoms with Crippen molar-refractivity contribution >= 4 is 5.91 Å². The third-order valence-corrected chi connectivity index (χ3v) is 2.34. The SMILES string of the molecule is CCCCC1=C(C)NC(=O)CC1. The van der Waals surface area contributed by atoms with E-state index in [0.717, 1.165) is 18.5 Å². The Labute approximate surface area is 74.0 Å². The van der Waals surface area contributed by atoms with Gasteiger partial charge >= 0.3 is 0 Å². The van der Waals surface area contributed by atoms with Crippen LogP contribution in [0.5, 0.6) is 0 Å². The summed E-state index contributed by atoms with van der Waals surface area (Å²) in [6, 6.07) is 0. The summed E-state index contributed by atoms with van der Waals surface area (Å²) in [6.07, 6.45) is 5.27. The van der Waals surface area contributed by atoms with Gasteiger partial charge in [0, 0.05) is 12.1 Å². The fourth-order valence-corrected chi connectivity index (χ4v) is 1.51. The van der Waals surface area contributed by atoms with Crippen molar-refractivity contribution in [2.75, 3.05) is 0 Å². The van der Waals surface area contributed by atoms with Crippen molar-refractivity contribution in [3.05, 3.63) is 11.3 Å². The fraction of sp³-hybridized carbons (Fsp3) is 0.700. The van der Waals surface area contributed by atoms with Gasteiger partial charge in [-0.25, -0.2) is 0 Å². The highest BCUT2D eigenvalue weighted by Crippen LogP contribution is 2.20. The summed E-state index contributed by atoms with van der Waals surface area (Å²) in [6.45, 7) is 4.19. The highest BCUT2D eigenvalue weighted by Gasteiger charge is 2.13. The molecule has 1 heterocycles. The van der Waals surface area contributed by atoms with Crippen LogP contribution in [-0.4, -0.2) is 5.91 Å². The van der Waals surface area contributed by atoms with Gasteiger partial charge < -0.3 is 5.32 Å². The molecule has 0 bridgehead atoms. The monoisotopic (exact) mass is 167 g/mol. The Morgan fingerprint density at radius 2 is 2.17 bits per heavy atom. The highest BCUT2D eigenvalue weighted by molar-refractivity contribution is 5.79. The van der Waals surface area contributed by atoms with E-state index in [0.29, 0.717) is 6.42 Å². The van der Waals surface area contributed by atoms with E-state index in [2.05, 4.69) is 12.2 Å². The average Bonchev–Trinajstić information content (AvgIpc) is 2.03. The van der Waals surface area contributed by atoms with Crippen molar-refractivity contribution in [2.45, 2.75) is 46.0 Å². The van der Waals surface area contributed by atoms with E-state index < -0.39 is 0 Å². The number of nitrogens with one attached hydrogen (secondary N) is 1. The third kappa shape index (κ3) is 2.36. The molecule has 0 radical (unpaired) electrons. The molecule has 12 heavy (non-hydrogen) atoms. The van der Waals surface area contributed by atoms with Crippen LogP contribution >= 0.6 is 0 Å². The first-order chi connectivity index (χ1) is 5.74. The van der Waals surface area contributed by atoms with E-state index in [-0.39, 0.29) is 5.91 Å². The molecule has 0 atom stereocenters. The molecule has 2 heteroatoms. The summed E-state index contributed by atoms with van der Waals surface area (Å²) in [5, 5.41) is 2.88. The molecule has 1 aliphatic rings. The summed E-state index contributed by atoms with van der Waals surface area (Å²) in [7, 11) is 0. The molecule has 1 aliphatic heterocycles. The summed E-state index contributed by atoms with van der Waals surface area (Å²) in [4.78, 5) is 10.9. The lowest BCUT2D eigenvalue weighted by Crippen LogP contribution is -2.26. The average molecular weight is 167 g/mol. The zero-order chi connectivity index (χ0) is 8.97. The van der Waals surface area contributed by atoms with Crippen molar-refractivity contribution in [1.29, 1.82) is 0 Å². The van der Waals surface area contributed by atoms with Crippen molar-refractivity contribution in [1.82, 2.24) is 5.32 Å². The molecule has 1 N–H and O–H groups in total. The molecule has 0 aromatic carbocycles. The Morgan fingerprint density at radius 1 is 1.42 bits per heavy atom. The first kappa shape index (κ1) is 9.30. The van der Waals surface area contributed by atoms with Crippen LogP contribution in [0.15, 0.2) is 11.3 Å². The number of hydrogen-bond acceptors (Lipinski definition) is 1. The van der Waals surface area contributed by atoms with Gasteiger partial charge in [-0.15, -0.1) is 0 Å². The number of hydrogen-bond donors (Lipinski definition) is 1. The number of carbonyl (C=O) groups excluding carboxylic acids is 1. The van der Waals surface area contributed by atoms with E-state index in [1.165, 1.54) is 18.4 Å². The van der Waals surface area contributed by atoms with Gasteiger partial charge in [0.1, 0.15) is 0 Å². The molecule has 0 aromatic heterocycles. The maximum atomic E-state index is 10.9. The first-order valence-corrected chi connectivity index (χ1v) is 4.72. The first-order valence-electron chi connectivity index (χ1n) is 4.72. The molecular formula is C10H17NO. The Morgan fingerprint density at radius 3 is 2.75 bits per heavy atom. The lowest BCUT2D eigenvalue weighted by molar-refractivity contribution is -0.120. The van der Waals surface area contributed by atoms with Crippen LogP contribution in [0.3, 0.4) is 0 Å². The standard InChI is InChI=1S/C10H17NO/c1-3-4-5-9-6-7-10(12)11-8(9)2/h3-7H2,1-2H3,(H,11,12). The van der Waals surface area contributed by atoms with Crippen LogP contribution in [0.4, 0.5) is 0 Å². The Hall–Kier alpha value is -0.790. The number of carbonyl (C=O) groups is 1. The third-order valence-electron chi connectivity index (χ3n) is 2.34. The molecule has 0 aromatic rings. The molecule has 1 amide bonds. The minimum Gasteiger partial charge on any atom is -0.330 e. The van der Waals surface area contributed by atoms with Crippen LogP contribution in [-0.2, 0) is 4.79 Å². The van der Waals surface area contributed by atoms with Gasteiger partial charge in [-0.05, 0) is 26.2 Å². The molecule has 0 saturated carbocycles. The predicted octanol–water partition coefficient (Wildman–Crippen LogP) is 2.36. The molecular weight excluding hydrogens is 150 g/mol. The van der Waals surface area contributed by atoms with Crippen LogP contribution in [0.1, 0.15) is 46.0 Å². The fourth-order valence-electron chi connectivity index (χ4n) is 1.51. The zero-order valence-electron chi connectivity index (χ0n) is 7.94. The van der Waals surface area contributed by atoms with E-state index in [1.807, 2.05) is 6.92 Å². The largest absolute Gasteiger partial charge is 0.330 e. The molecule has 0 unspecified atom stereocenters. The lowest BCUT2D eigenvalue weighted by atomic mass is 9.99. The van der Waals surface area contributed by atoms with Crippen LogP contribution in [0, 0.1) is 0 Å². The van der Waals surface area contributed by atoms with Gasteiger partial charge in [-0.3, -0.25) is 4.79 Å². The van der Waals surface area contributed by atoms with Crippen LogP contribution in [0.25, 0.3) is 0 Å². The Kier molecular flexibility index (Phi) is 3.32. The maximum Gasteiger partial charge on any atom is 0.224 e. The van der Waals surface area contributed by atoms with Gasteiger partial charge in [0.05, 0.1) is 0 Å². The topological polar surface area (TPSA) is 29.1 Å². The number of rotatable bonds is 3. The van der Waals surface area contributed by atoms with Crippen molar-refractivity contribution in [2.24, 2.45) is 0 Å². The molecule has 0 saturated heterocycles. The van der Waals surface area contributed by atoms with E-state index in [1.54, 1.807) is 0 Å². The van der Waals surface area contributed by atoms with Crippen molar-refractivity contribution in [3.8, 4) is 0 Å². The predicted molar refractivity (Wildman–Crippen MR) is 49.6 cm³/mol. The highest BCUT2D eigenvalue weighted by atomic mass is 16.1. The van der Waals surface area contributed by atoms with Crippen molar-refractivity contribution < 1.29 is 4.79 Å². The summed E-state index contributed by atoms with van der Waals surface area (Å²) >= 11 is 0. The van der Waals surface area contributed by atoms with Gasteiger partial charge in [0.2, 0.25) is 5.91 Å². The second kappa shape index (κ2) is 4.29. The minimum atomic E-state index is 0.174. The summed E-state index contributed by atoms with van der Waals surface area (Å²) < 4.78 is 0. The molecule has 1 rings (SSSR count). The quantitative estimate of drug-likeness (QED) is 0.687. The van der Waals surface area contributed by atoms with Crippen molar-refractivity contribution in [3.63, 3.8) is 0 Å². The normalized spacial score (nSPS) is 18.0. The summed E-state index contributed by atoms with van der Waals surface area (Å²) in [5.74, 6) is 0.174. The van der Waals surface area contributed by atoms with Gasteiger partial charge in [-0.2, -0.15) is 0 Å². The maximum absolute atomic E-state index is 10.9. The second-order valence-electron chi connectivity index (χ2n) is 3.38. The number of allylic oxidation sites excluding steroid dienone is 2. The van der Waals surface area contributed by atoms with Crippen LogP contribution < -0.4 is 5.32 Å². The smallest absolute Gasteiger partial charge is 0.224 e. The van der Waals surface area contributed by atoms with E-state index in [4.69, 9.17) is 0 Å². The van der Waals surface area contributed by atoms with Gasteiger partial charge in [-0.1, -0.05) is 18.9 Å². The van der Waals surface area contributed by atoms with E-state index in [9.17, 15) is 4.79 Å². The number of amides is 1. The second-order valence-corrected chi connectivity index (χ2v) is 3.38. The Balaban J connectivity index is 2.50. The van der Waals surface area contributed by atoms with Gasteiger partial charge in [0.25, 0.3) is 0 Å². The summed E-state index contributed by atoms with van der Waals surface area (Å²) in [5.41, 5.74) is 2.54. The lowest BCUT2D eigenvalue weighted by Gasteiger charge is -2.18. The van der Waals surface area contributed by atoms with Gasteiger partial charge in [0.15, 0.2) is 0 Å². The van der Waals surface area contributed by atoms with Crippen LogP contribution in [0.2, 0.25) is 0 Å².